The molecule has 0 saturated heterocycles. The van der Waals surface area contributed by atoms with Crippen LogP contribution in [0.4, 0.5) is 0 Å². The van der Waals surface area contributed by atoms with E-state index in [0.29, 0.717) is 48.5 Å². The van der Waals surface area contributed by atoms with Gasteiger partial charge in [-0.15, -0.1) is 0 Å². The molecule has 0 amide bonds. The molecule has 4 aromatic rings. The maximum Gasteiger partial charge on any atom is 0.294 e. The molecule has 24 heteroatoms. The molecule has 4 aromatic carbocycles. The van der Waals surface area contributed by atoms with Gasteiger partial charge < -0.3 is 20.4 Å². The van der Waals surface area contributed by atoms with E-state index in [1.165, 1.54) is 0 Å². The summed E-state index contributed by atoms with van der Waals surface area (Å²) in [6, 6.07) is 3.31. The molecule has 8 bridgehead atoms. The number of hydrogen-bond donors (Lipinski definition) is 8. The van der Waals surface area contributed by atoms with E-state index in [2.05, 4.69) is 0 Å². The normalized spacial score (nSPS) is 13.5. The highest BCUT2D eigenvalue weighted by molar-refractivity contribution is 7.86. The molecule has 0 fully saturated rings. The molecule has 5 rings (SSSR count). The number of aromatic hydroxyl groups is 4. The third-order valence-corrected chi connectivity index (χ3v) is 11.8. The van der Waals surface area contributed by atoms with Gasteiger partial charge in [0.05, 0.1) is 19.6 Å². The van der Waals surface area contributed by atoms with Crippen LogP contribution in [0.3, 0.4) is 0 Å². The second-order valence-corrected chi connectivity index (χ2v) is 18.0. The van der Waals surface area contributed by atoms with Crippen molar-refractivity contribution in [3.8, 4) is 23.0 Å². The molecule has 0 saturated carbocycles. The van der Waals surface area contributed by atoms with Crippen LogP contribution in [0.25, 0.3) is 0 Å². The van der Waals surface area contributed by atoms with E-state index in [0.717, 1.165) is 0 Å². The molecule has 0 atom stereocenters. The van der Waals surface area contributed by atoms with E-state index >= 15 is 0 Å². The number of fused-ring (bicyclic) bond motifs is 12. The van der Waals surface area contributed by atoms with Crippen LogP contribution in [0.15, 0.2) is 87.3 Å². The fourth-order valence-corrected chi connectivity index (χ4v) is 8.08. The lowest BCUT2D eigenvalue weighted by Gasteiger charge is -2.04. The fourth-order valence-electron chi connectivity index (χ4n) is 5.75. The quantitative estimate of drug-likeness (QED) is 0.107. The first-order valence-corrected chi connectivity index (χ1v) is 20.8. The minimum absolute atomic E-state index is 0.401. The predicted molar refractivity (Wildman–Crippen MR) is 188 cm³/mol. The van der Waals surface area contributed by atoms with Crippen LogP contribution in [0.2, 0.25) is 0 Å². The van der Waals surface area contributed by atoms with Crippen molar-refractivity contribution in [3.63, 3.8) is 0 Å². The Morgan fingerprint density at radius 2 is 0.446 bits per heavy atom. The molecule has 0 heterocycles. The second kappa shape index (κ2) is 14.2. The van der Waals surface area contributed by atoms with Gasteiger partial charge in [-0.25, -0.2) is 0 Å². The third-order valence-electron chi connectivity index (χ3n) is 8.49. The minimum atomic E-state index is -5.40. The molecule has 20 nitrogen and oxygen atoms in total. The van der Waals surface area contributed by atoms with Gasteiger partial charge in [0.1, 0.15) is 0 Å². The van der Waals surface area contributed by atoms with Gasteiger partial charge in [0.2, 0.25) is 21.7 Å². The van der Waals surface area contributed by atoms with Crippen molar-refractivity contribution in [2.75, 3.05) is 0 Å². The topological polar surface area (TPSA) is 367 Å². The van der Waals surface area contributed by atoms with Crippen LogP contribution >= 0.6 is 0 Å². The van der Waals surface area contributed by atoms with Gasteiger partial charge in [-0.1, -0.05) is 0 Å². The molecule has 1 aliphatic carbocycles. The van der Waals surface area contributed by atoms with Gasteiger partial charge in [-0.2, -0.15) is 33.7 Å². The summed E-state index contributed by atoms with van der Waals surface area (Å²) in [6.45, 7) is 0. The third kappa shape index (κ3) is 8.31. The van der Waals surface area contributed by atoms with Crippen LogP contribution in [0.5, 0.6) is 23.0 Å². The Morgan fingerprint density at radius 3 is 0.607 bits per heavy atom. The van der Waals surface area contributed by atoms with E-state index in [-0.39, 0.29) is 0 Å². The van der Waals surface area contributed by atoms with Gasteiger partial charge in [-0.05, 0) is 48.5 Å². The summed E-state index contributed by atoms with van der Waals surface area (Å²) in [5, 5.41) is 44.2. The van der Waals surface area contributed by atoms with E-state index in [9.17, 15) is 91.5 Å². The van der Waals surface area contributed by atoms with Crippen molar-refractivity contribution in [1.82, 2.24) is 0 Å². The molecule has 0 unspecified atom stereocenters. The van der Waals surface area contributed by atoms with Crippen LogP contribution in [-0.2, 0) is 66.2 Å². The Labute approximate surface area is 313 Å². The summed E-state index contributed by atoms with van der Waals surface area (Å²) >= 11 is 0. The maximum atomic E-state index is 13.6. The van der Waals surface area contributed by atoms with E-state index in [4.69, 9.17) is 0 Å². The maximum absolute atomic E-state index is 13.6. The number of hydrogen-bond acceptors (Lipinski definition) is 16. The van der Waals surface area contributed by atoms with Crippen LogP contribution < -0.4 is 21.7 Å². The molecule has 0 aromatic heterocycles. The molecular formula is C32H24O20S4. The molecule has 0 aliphatic heterocycles. The van der Waals surface area contributed by atoms with Gasteiger partial charge in [0.15, 0.2) is 23.0 Å². The van der Waals surface area contributed by atoms with Crippen molar-refractivity contribution in [2.45, 2.75) is 45.3 Å². The lowest BCUT2D eigenvalue weighted by molar-refractivity contribution is 0.457. The van der Waals surface area contributed by atoms with Crippen LogP contribution in [-0.4, -0.2) is 72.3 Å². The first-order valence-electron chi connectivity index (χ1n) is 15.0. The average molecular weight is 857 g/mol. The molecule has 8 N–H and O–H groups in total. The average Bonchev–Trinajstić information content (AvgIpc) is 3.38. The molecular weight excluding hydrogens is 833 g/mol. The highest BCUT2D eigenvalue weighted by atomic mass is 32.2. The zero-order chi connectivity index (χ0) is 42.0. The summed E-state index contributed by atoms with van der Waals surface area (Å²) in [7, 11) is -21.6. The molecule has 296 valence electrons. The molecule has 0 spiro atoms. The summed E-state index contributed by atoms with van der Waals surface area (Å²) in [5.74, 6) is -5.67. The van der Waals surface area contributed by atoms with Crippen molar-refractivity contribution in [2.24, 2.45) is 0 Å². The first kappa shape index (κ1) is 41.6. The smallest absolute Gasteiger partial charge is 0.294 e. The van der Waals surface area contributed by atoms with Crippen molar-refractivity contribution >= 4 is 40.5 Å². The Morgan fingerprint density at radius 1 is 0.304 bits per heavy atom. The van der Waals surface area contributed by atoms with Gasteiger partial charge in [0.25, 0.3) is 40.5 Å². The zero-order valence-electron chi connectivity index (χ0n) is 27.6. The SMILES string of the molecule is O=c1c2cc(S(=O)(=O)O)cc(c1O)Cc1cc(S(=O)(=O)O)cc(c(=O)c1O)Cc1cc(S(=O)(=O)O)cc(c(O)c1=O)Cc1cc(S(=O)(=O)O)cc(c(=O)c1O)C2. The van der Waals surface area contributed by atoms with E-state index < -0.39 is 175 Å². The van der Waals surface area contributed by atoms with Gasteiger partial charge in [-0.3, -0.25) is 37.4 Å². The summed E-state index contributed by atoms with van der Waals surface area (Å²) in [6.07, 6.45) is -4.73. The van der Waals surface area contributed by atoms with Crippen LogP contribution in [0.1, 0.15) is 44.5 Å². The highest BCUT2D eigenvalue weighted by Crippen LogP contribution is 2.30. The zero-order valence-corrected chi connectivity index (χ0v) is 30.8. The lowest BCUT2D eigenvalue weighted by atomic mass is 10.0. The second-order valence-electron chi connectivity index (χ2n) is 12.3. The summed E-state index contributed by atoms with van der Waals surface area (Å²) in [5.41, 5.74) is -13.4. The fraction of sp³-hybridized carbons (Fsp3) is 0.125. The van der Waals surface area contributed by atoms with E-state index in [1.807, 2.05) is 0 Å². The van der Waals surface area contributed by atoms with Crippen molar-refractivity contribution in [3.05, 3.63) is 134 Å². The highest BCUT2D eigenvalue weighted by Gasteiger charge is 2.26. The largest absolute Gasteiger partial charge is 0.504 e. The lowest BCUT2D eigenvalue weighted by Crippen LogP contribution is -2.14. The van der Waals surface area contributed by atoms with Crippen LogP contribution in [0, 0.1) is 0 Å². The van der Waals surface area contributed by atoms with Crippen molar-refractivity contribution in [1.29, 1.82) is 0 Å². The monoisotopic (exact) mass is 856 g/mol. The number of rotatable bonds is 4. The molecule has 1 aliphatic rings. The molecule has 56 heavy (non-hydrogen) atoms. The Hall–Kier alpha value is -5.60. The molecule has 0 radical (unpaired) electrons. The standard InChI is InChI=1S/C32H24O20S4/c33-25-13-1-14-6-22(54(44,45)46)8-16(28(36)26(14)34)3-18-10-24(56(50,51)52)12-20(32(40)30(18)38)4-19-11-23(55(47,48)49)9-17(29(37)31(19)39)2-15(27(25)35)7-21(5-13)53(41,42)43/h5-12H,1-4H2,(H,33,35)(H,34,36)(H,37,39)(H,38,40)(H,41,42,43)(H,44,45,46)(H,47,48,49)(H,50,51,52). The van der Waals surface area contributed by atoms with E-state index in [1.54, 1.807) is 0 Å². The summed E-state index contributed by atoms with van der Waals surface area (Å²) in [4.78, 5) is 49.6. The Kier molecular flexibility index (Phi) is 10.5. The van der Waals surface area contributed by atoms with Gasteiger partial charge >= 0.3 is 0 Å². The van der Waals surface area contributed by atoms with Crippen molar-refractivity contribution < 1.29 is 72.3 Å². The first-order chi connectivity index (χ1) is 25.6. The Bertz CT molecular complexity index is 2720. The minimum Gasteiger partial charge on any atom is -0.504 e. The Balaban J connectivity index is 2.08. The predicted octanol–water partition coefficient (Wildman–Crippen LogP) is -0.387. The summed E-state index contributed by atoms with van der Waals surface area (Å²) < 4.78 is 139. The van der Waals surface area contributed by atoms with Gasteiger partial charge in [0, 0.05) is 70.2 Å².